The second-order valence-electron chi connectivity index (χ2n) is 13.4. The molecule has 12 heteroatoms. The second kappa shape index (κ2) is 14.1. The van der Waals surface area contributed by atoms with Crippen LogP contribution in [0.5, 0.6) is 11.5 Å². The summed E-state index contributed by atoms with van der Waals surface area (Å²) in [5.41, 5.74) is 9.40. The SMILES string of the molecule is CCN(C(=O)c1cc(F)ccc1Oc1cncnc1N1CC2=C(CN(C(=O)[C@@H](N)Cc3ccc(C(=O)OC(C)(C)C)cc3)C2)C1)C(C)C. The standard InChI is InChI=1S/C36H43FN6O5/c1-7-43(22(2)3)33(44)28-15-27(37)12-13-30(28)47-31-16-39-21-40-32(31)41-17-25-19-42(20-26(25)18-41)34(45)29(38)14-23-8-10-24(11-9-23)35(46)48-36(4,5)6/h8-13,15-16,21-22,29H,7,14,17-20,38H2,1-6H3/t29-/m0/s1. The molecule has 2 N–H and O–H groups in total. The number of rotatable bonds is 10. The van der Waals surface area contributed by atoms with Crippen LogP contribution in [0, 0.1) is 5.82 Å². The normalized spacial score (nSPS) is 15.1. The lowest BCUT2D eigenvalue weighted by molar-refractivity contribution is -0.131. The van der Waals surface area contributed by atoms with E-state index in [-0.39, 0.29) is 29.2 Å². The summed E-state index contributed by atoms with van der Waals surface area (Å²) < 4.78 is 25.9. The average molecular weight is 659 g/mol. The van der Waals surface area contributed by atoms with Gasteiger partial charge in [0.05, 0.1) is 23.4 Å². The Labute approximate surface area is 280 Å². The maximum Gasteiger partial charge on any atom is 0.338 e. The lowest BCUT2D eigenvalue weighted by Crippen LogP contribution is -2.45. The fourth-order valence-corrected chi connectivity index (χ4v) is 5.97. The number of nitrogens with zero attached hydrogens (tertiary/aromatic N) is 5. The first kappa shape index (κ1) is 34.5. The van der Waals surface area contributed by atoms with Gasteiger partial charge >= 0.3 is 5.97 Å². The van der Waals surface area contributed by atoms with Crippen LogP contribution in [0.15, 0.2) is 66.1 Å². The van der Waals surface area contributed by atoms with E-state index < -0.39 is 23.4 Å². The third-order valence-electron chi connectivity index (χ3n) is 8.28. The number of amides is 2. The summed E-state index contributed by atoms with van der Waals surface area (Å²) in [7, 11) is 0. The zero-order valence-electron chi connectivity index (χ0n) is 28.3. The van der Waals surface area contributed by atoms with Crippen molar-refractivity contribution < 1.29 is 28.2 Å². The van der Waals surface area contributed by atoms with E-state index in [9.17, 15) is 18.8 Å². The van der Waals surface area contributed by atoms with Crippen LogP contribution in [-0.2, 0) is 16.0 Å². The molecule has 0 unspecified atom stereocenters. The van der Waals surface area contributed by atoms with Gasteiger partial charge in [-0.25, -0.2) is 19.2 Å². The highest BCUT2D eigenvalue weighted by Crippen LogP contribution is 2.36. The number of halogens is 1. The van der Waals surface area contributed by atoms with Crippen molar-refractivity contribution in [1.29, 1.82) is 0 Å². The van der Waals surface area contributed by atoms with Crippen LogP contribution in [0.4, 0.5) is 10.2 Å². The number of aromatic nitrogens is 2. The minimum Gasteiger partial charge on any atom is -0.456 e. The van der Waals surface area contributed by atoms with Gasteiger partial charge < -0.3 is 29.9 Å². The molecule has 0 radical (unpaired) electrons. The fourth-order valence-electron chi connectivity index (χ4n) is 5.97. The van der Waals surface area contributed by atoms with Crippen molar-refractivity contribution in [3.63, 3.8) is 0 Å². The highest BCUT2D eigenvalue weighted by atomic mass is 19.1. The van der Waals surface area contributed by atoms with E-state index in [1.54, 1.807) is 34.1 Å². The van der Waals surface area contributed by atoms with Gasteiger partial charge in [0.15, 0.2) is 11.6 Å². The van der Waals surface area contributed by atoms with Crippen LogP contribution in [0.2, 0.25) is 0 Å². The topological polar surface area (TPSA) is 131 Å². The van der Waals surface area contributed by atoms with Gasteiger partial charge in [-0.15, -0.1) is 0 Å². The molecular weight excluding hydrogens is 615 g/mol. The van der Waals surface area contributed by atoms with E-state index in [0.29, 0.717) is 56.3 Å². The number of hydrogen-bond donors (Lipinski definition) is 1. The molecule has 0 saturated heterocycles. The molecule has 1 atom stereocenters. The zero-order chi connectivity index (χ0) is 34.7. The van der Waals surface area contributed by atoms with E-state index in [0.717, 1.165) is 16.7 Å². The predicted molar refractivity (Wildman–Crippen MR) is 179 cm³/mol. The number of nitrogens with two attached hydrogens (primary N) is 1. The summed E-state index contributed by atoms with van der Waals surface area (Å²) in [6, 6.07) is 10.0. The highest BCUT2D eigenvalue weighted by Gasteiger charge is 2.35. The van der Waals surface area contributed by atoms with Crippen LogP contribution in [0.25, 0.3) is 0 Å². The first-order chi connectivity index (χ1) is 22.7. The van der Waals surface area contributed by atoms with Gasteiger partial charge in [0.2, 0.25) is 5.91 Å². The number of carbonyl (C=O) groups is 3. The van der Waals surface area contributed by atoms with Crippen LogP contribution in [-0.4, -0.2) is 88.0 Å². The van der Waals surface area contributed by atoms with Crippen molar-refractivity contribution in [3.05, 3.63) is 88.6 Å². The largest absolute Gasteiger partial charge is 0.456 e. The van der Waals surface area contributed by atoms with Gasteiger partial charge in [-0.2, -0.15) is 0 Å². The van der Waals surface area contributed by atoms with Crippen molar-refractivity contribution in [1.82, 2.24) is 19.8 Å². The Kier molecular flexibility index (Phi) is 10.1. The van der Waals surface area contributed by atoms with Gasteiger partial charge in [-0.05, 0) is 95.0 Å². The minimum atomic E-state index is -0.734. The van der Waals surface area contributed by atoms with Crippen LogP contribution in [0.1, 0.15) is 67.8 Å². The monoisotopic (exact) mass is 658 g/mol. The smallest absolute Gasteiger partial charge is 0.338 e. The molecule has 3 heterocycles. The molecule has 1 aromatic heterocycles. The quantitative estimate of drug-likeness (QED) is 0.242. The summed E-state index contributed by atoms with van der Waals surface area (Å²) in [6.07, 6.45) is 3.29. The van der Waals surface area contributed by atoms with E-state index in [4.69, 9.17) is 15.2 Å². The predicted octanol–water partition coefficient (Wildman–Crippen LogP) is 4.76. The van der Waals surface area contributed by atoms with Gasteiger partial charge in [-0.3, -0.25) is 9.59 Å². The molecule has 0 saturated carbocycles. The van der Waals surface area contributed by atoms with Gasteiger partial charge in [0, 0.05) is 38.8 Å². The Bertz CT molecular complexity index is 1700. The number of benzene rings is 2. The lowest BCUT2D eigenvalue weighted by atomic mass is 10.0. The summed E-state index contributed by atoms with van der Waals surface area (Å²) in [6.45, 7) is 13.6. The summed E-state index contributed by atoms with van der Waals surface area (Å²) >= 11 is 0. The number of anilines is 1. The average Bonchev–Trinajstić information content (AvgIpc) is 3.61. The first-order valence-electron chi connectivity index (χ1n) is 16.1. The summed E-state index contributed by atoms with van der Waals surface area (Å²) in [5.74, 6) is -0.340. The van der Waals surface area contributed by atoms with Crippen molar-refractivity contribution in [2.75, 3.05) is 37.6 Å². The third-order valence-corrected chi connectivity index (χ3v) is 8.28. The molecular formula is C36H43FN6O5. The lowest BCUT2D eigenvalue weighted by Gasteiger charge is -2.27. The fraction of sp³-hybridized carbons (Fsp3) is 0.417. The van der Waals surface area contributed by atoms with Crippen LogP contribution >= 0.6 is 0 Å². The summed E-state index contributed by atoms with van der Waals surface area (Å²) in [5, 5.41) is 0. The van der Waals surface area contributed by atoms with Gasteiger partial charge in [0.1, 0.15) is 23.5 Å². The molecule has 0 bridgehead atoms. The molecule has 0 aliphatic carbocycles. The maximum atomic E-state index is 14.3. The minimum absolute atomic E-state index is 0.0781. The van der Waals surface area contributed by atoms with Crippen molar-refractivity contribution in [2.45, 2.75) is 65.6 Å². The molecule has 2 amide bonds. The van der Waals surface area contributed by atoms with E-state index >= 15 is 0 Å². The molecule has 2 aliphatic rings. The molecule has 2 aromatic carbocycles. The van der Waals surface area contributed by atoms with Gasteiger partial charge in [0.25, 0.3) is 5.91 Å². The van der Waals surface area contributed by atoms with Crippen LogP contribution < -0.4 is 15.4 Å². The number of hydrogen-bond acceptors (Lipinski definition) is 9. The Balaban J connectivity index is 1.21. The van der Waals surface area contributed by atoms with E-state index in [2.05, 4.69) is 9.97 Å². The Morgan fingerprint density at radius 3 is 2.27 bits per heavy atom. The van der Waals surface area contributed by atoms with Crippen molar-refractivity contribution in [2.24, 2.45) is 5.73 Å². The molecule has 0 spiro atoms. The van der Waals surface area contributed by atoms with Crippen molar-refractivity contribution >= 4 is 23.6 Å². The Morgan fingerprint density at radius 1 is 1.00 bits per heavy atom. The second-order valence-corrected chi connectivity index (χ2v) is 13.4. The Hall–Kier alpha value is -4.84. The zero-order valence-corrected chi connectivity index (χ0v) is 28.3. The molecule has 5 rings (SSSR count). The van der Waals surface area contributed by atoms with Crippen molar-refractivity contribution in [3.8, 4) is 11.5 Å². The molecule has 3 aromatic rings. The highest BCUT2D eigenvalue weighted by molar-refractivity contribution is 5.97. The molecule has 48 heavy (non-hydrogen) atoms. The number of esters is 1. The first-order valence-corrected chi connectivity index (χ1v) is 16.1. The molecule has 254 valence electrons. The summed E-state index contributed by atoms with van der Waals surface area (Å²) in [4.78, 5) is 53.1. The Morgan fingerprint density at radius 2 is 1.67 bits per heavy atom. The van der Waals surface area contributed by atoms with E-state index in [1.807, 2.05) is 46.4 Å². The maximum absolute atomic E-state index is 14.3. The number of carbonyl (C=O) groups excluding carboxylic acids is 3. The third kappa shape index (κ3) is 7.82. The number of ether oxygens (including phenoxy) is 2. The van der Waals surface area contributed by atoms with Gasteiger partial charge in [-0.1, -0.05) is 12.1 Å². The molecule has 0 fully saturated rings. The molecule has 2 aliphatic heterocycles. The molecule has 11 nitrogen and oxygen atoms in total. The van der Waals surface area contributed by atoms with E-state index in [1.165, 1.54) is 30.7 Å². The van der Waals surface area contributed by atoms with Crippen LogP contribution in [0.3, 0.4) is 0 Å².